The monoisotopic (exact) mass is 325 g/mol. The minimum Gasteiger partial charge on any atom is -0.477 e. The van der Waals surface area contributed by atoms with Crippen LogP contribution in [0.2, 0.25) is 0 Å². The summed E-state index contributed by atoms with van der Waals surface area (Å²) in [5, 5.41) is 17.8. The fraction of sp³-hybridized carbons (Fsp3) is 0.231. The molecular weight excluding hydrogens is 314 g/mol. The number of fused-ring (bicyclic) bond motifs is 1. The van der Waals surface area contributed by atoms with Crippen LogP contribution in [0.1, 0.15) is 5.76 Å². The molecular formula is C13H11NO5S2. The van der Waals surface area contributed by atoms with Gasteiger partial charge in [0.1, 0.15) is 11.1 Å². The van der Waals surface area contributed by atoms with Gasteiger partial charge in [0.25, 0.3) is 5.91 Å². The molecule has 1 saturated heterocycles. The number of carbonyl (C=O) groups is 2. The summed E-state index contributed by atoms with van der Waals surface area (Å²) in [6.07, 6.45) is 3.15. The summed E-state index contributed by atoms with van der Waals surface area (Å²) in [6, 6.07) is 3.45. The van der Waals surface area contributed by atoms with Gasteiger partial charge in [0, 0.05) is 5.75 Å². The molecule has 0 radical (unpaired) electrons. The summed E-state index contributed by atoms with van der Waals surface area (Å²) in [4.78, 5) is 24.8. The van der Waals surface area contributed by atoms with E-state index in [1.807, 2.05) is 0 Å². The smallest absolute Gasteiger partial charge is 0.354 e. The molecule has 21 heavy (non-hydrogen) atoms. The normalized spacial score (nSPS) is 22.7. The highest BCUT2D eigenvalue weighted by atomic mass is 32.2. The molecule has 1 aromatic heterocycles. The molecule has 0 bridgehead atoms. The third-order valence-corrected chi connectivity index (χ3v) is 5.57. The molecule has 1 fully saturated rings. The van der Waals surface area contributed by atoms with Crippen molar-refractivity contribution in [2.24, 2.45) is 0 Å². The molecule has 1 amide bonds. The Bertz CT molecular complexity index is 650. The van der Waals surface area contributed by atoms with E-state index in [1.165, 1.54) is 34.7 Å². The van der Waals surface area contributed by atoms with Crippen molar-refractivity contribution in [2.45, 2.75) is 5.37 Å². The fourth-order valence-corrected chi connectivity index (χ4v) is 4.60. The zero-order chi connectivity index (χ0) is 15.0. The Morgan fingerprint density at radius 1 is 1.57 bits per heavy atom. The van der Waals surface area contributed by atoms with Crippen molar-refractivity contribution in [3.05, 3.63) is 39.7 Å². The number of β-lactam (4-membered cyclic amide) rings is 1. The molecule has 1 aromatic rings. The maximum absolute atomic E-state index is 12.2. The lowest BCUT2D eigenvalue weighted by Crippen LogP contribution is -2.51. The molecule has 0 aromatic carbocycles. The molecule has 8 heteroatoms. The second-order valence-electron chi connectivity index (χ2n) is 4.27. The minimum atomic E-state index is -1.13. The van der Waals surface area contributed by atoms with Crippen LogP contribution in [0.15, 0.2) is 38.3 Å². The Morgan fingerprint density at radius 3 is 3.00 bits per heavy atom. The summed E-state index contributed by atoms with van der Waals surface area (Å²) < 4.78 is 5.73. The van der Waals surface area contributed by atoms with E-state index in [2.05, 4.69) is 0 Å². The van der Waals surface area contributed by atoms with Crippen molar-refractivity contribution < 1.29 is 24.2 Å². The average Bonchev–Trinajstić information content (AvgIpc) is 3.08. The molecule has 3 heterocycles. The first-order valence-electron chi connectivity index (χ1n) is 6.10. The largest absolute Gasteiger partial charge is 0.477 e. The second-order valence-corrected chi connectivity index (χ2v) is 6.73. The number of aliphatic carboxylic acids is 1. The SMILES string of the molecule is O=C(O)C1=C(SCCO)S[C@H]2/C(=C\c3ccco3)C(=O)N12. The Balaban J connectivity index is 1.86. The number of carboxylic acid groups (broad SMARTS) is 1. The molecule has 0 spiro atoms. The van der Waals surface area contributed by atoms with Crippen LogP contribution in [0.4, 0.5) is 0 Å². The van der Waals surface area contributed by atoms with Crippen molar-refractivity contribution in [2.75, 3.05) is 12.4 Å². The van der Waals surface area contributed by atoms with Crippen molar-refractivity contribution in [3.8, 4) is 0 Å². The maximum Gasteiger partial charge on any atom is 0.354 e. The molecule has 0 saturated carbocycles. The fourth-order valence-electron chi connectivity index (χ4n) is 2.11. The number of aliphatic hydroxyl groups excluding tert-OH is 1. The Labute approximate surface area is 128 Å². The van der Waals surface area contributed by atoms with Gasteiger partial charge in [-0.2, -0.15) is 0 Å². The Kier molecular flexibility index (Phi) is 3.83. The number of hydrogen-bond donors (Lipinski definition) is 2. The first-order valence-corrected chi connectivity index (χ1v) is 7.96. The molecule has 2 N–H and O–H groups in total. The highest BCUT2D eigenvalue weighted by molar-refractivity contribution is 8.22. The lowest BCUT2D eigenvalue weighted by molar-refractivity contribution is -0.141. The Hall–Kier alpha value is -1.64. The van der Waals surface area contributed by atoms with E-state index < -0.39 is 5.97 Å². The van der Waals surface area contributed by atoms with E-state index in [-0.39, 0.29) is 23.6 Å². The van der Waals surface area contributed by atoms with E-state index in [9.17, 15) is 14.7 Å². The van der Waals surface area contributed by atoms with Crippen LogP contribution in [0.25, 0.3) is 6.08 Å². The predicted octanol–water partition coefficient (Wildman–Crippen LogP) is 1.56. The number of hydrogen-bond acceptors (Lipinski definition) is 6. The molecule has 0 unspecified atom stereocenters. The van der Waals surface area contributed by atoms with Gasteiger partial charge in [-0.3, -0.25) is 9.69 Å². The summed E-state index contributed by atoms with van der Waals surface area (Å²) in [5.41, 5.74) is 0.526. The lowest BCUT2D eigenvalue weighted by Gasteiger charge is -2.36. The molecule has 3 rings (SSSR count). The summed E-state index contributed by atoms with van der Waals surface area (Å²) in [5.74, 6) is -0.492. The van der Waals surface area contributed by atoms with Gasteiger partial charge in [0.15, 0.2) is 5.70 Å². The highest BCUT2D eigenvalue weighted by Crippen LogP contribution is 2.53. The van der Waals surface area contributed by atoms with Gasteiger partial charge in [0.05, 0.1) is 22.7 Å². The third kappa shape index (κ3) is 2.39. The van der Waals surface area contributed by atoms with Gasteiger partial charge in [-0.1, -0.05) is 11.8 Å². The van der Waals surface area contributed by atoms with E-state index in [0.717, 1.165) is 0 Å². The topological polar surface area (TPSA) is 91.0 Å². The predicted molar refractivity (Wildman–Crippen MR) is 79.1 cm³/mol. The van der Waals surface area contributed by atoms with E-state index in [1.54, 1.807) is 18.2 Å². The van der Waals surface area contributed by atoms with Crippen molar-refractivity contribution in [3.63, 3.8) is 0 Å². The first kappa shape index (κ1) is 14.3. The van der Waals surface area contributed by atoms with Gasteiger partial charge < -0.3 is 14.6 Å². The van der Waals surface area contributed by atoms with Crippen LogP contribution < -0.4 is 0 Å². The van der Waals surface area contributed by atoms with Crippen LogP contribution in [0.3, 0.4) is 0 Å². The zero-order valence-corrected chi connectivity index (χ0v) is 12.3. The van der Waals surface area contributed by atoms with Crippen LogP contribution in [0, 0.1) is 0 Å². The number of carbonyl (C=O) groups excluding carboxylic acids is 1. The average molecular weight is 325 g/mol. The number of rotatable bonds is 5. The maximum atomic E-state index is 12.2. The van der Waals surface area contributed by atoms with Gasteiger partial charge in [-0.15, -0.1) is 11.8 Å². The number of aliphatic hydroxyl groups is 1. The number of nitrogens with zero attached hydrogens (tertiary/aromatic N) is 1. The van der Waals surface area contributed by atoms with Gasteiger partial charge in [-0.25, -0.2) is 4.79 Å². The van der Waals surface area contributed by atoms with Crippen LogP contribution in [-0.4, -0.2) is 44.7 Å². The van der Waals surface area contributed by atoms with E-state index in [4.69, 9.17) is 9.52 Å². The number of carboxylic acids is 1. The van der Waals surface area contributed by atoms with Crippen LogP contribution in [0.5, 0.6) is 0 Å². The molecule has 0 aliphatic carbocycles. The standard InChI is InChI=1S/C13H11NO5S2/c15-3-5-20-13-9(12(17)18)14-10(16)8(11(14)21-13)6-7-2-1-4-19-7/h1-2,4,6,11,15H,3,5H2,(H,17,18)/b8-6-/t11-/m0/s1. The molecule has 2 aliphatic rings. The first-order chi connectivity index (χ1) is 10.1. The van der Waals surface area contributed by atoms with E-state index in [0.29, 0.717) is 21.3 Å². The number of furan rings is 1. The van der Waals surface area contributed by atoms with Crippen molar-refractivity contribution in [1.82, 2.24) is 4.90 Å². The highest BCUT2D eigenvalue weighted by Gasteiger charge is 2.52. The number of amides is 1. The molecule has 6 nitrogen and oxygen atoms in total. The molecule has 110 valence electrons. The molecule has 2 aliphatic heterocycles. The van der Waals surface area contributed by atoms with Gasteiger partial charge in [-0.05, 0) is 18.2 Å². The third-order valence-electron chi connectivity index (χ3n) is 2.99. The summed E-state index contributed by atoms with van der Waals surface area (Å²) in [7, 11) is 0. The quantitative estimate of drug-likeness (QED) is 0.627. The number of thioether (sulfide) groups is 2. The Morgan fingerprint density at radius 2 is 2.38 bits per heavy atom. The van der Waals surface area contributed by atoms with Crippen molar-refractivity contribution in [1.29, 1.82) is 0 Å². The lowest BCUT2D eigenvalue weighted by atomic mass is 10.0. The van der Waals surface area contributed by atoms with E-state index >= 15 is 0 Å². The minimum absolute atomic E-state index is 0.00467. The zero-order valence-electron chi connectivity index (χ0n) is 10.7. The molecule has 1 atom stereocenters. The van der Waals surface area contributed by atoms with Crippen LogP contribution >= 0.6 is 23.5 Å². The van der Waals surface area contributed by atoms with Gasteiger partial charge >= 0.3 is 5.97 Å². The van der Waals surface area contributed by atoms with Crippen LogP contribution in [-0.2, 0) is 9.59 Å². The van der Waals surface area contributed by atoms with Gasteiger partial charge in [0.2, 0.25) is 0 Å². The second kappa shape index (κ2) is 5.63. The van der Waals surface area contributed by atoms with Crippen molar-refractivity contribution >= 4 is 41.5 Å². The summed E-state index contributed by atoms with van der Waals surface area (Å²) >= 11 is 2.56. The summed E-state index contributed by atoms with van der Waals surface area (Å²) in [6.45, 7) is -0.0463.